The fourth-order valence-corrected chi connectivity index (χ4v) is 3.55. The standard InChI is InChI=1S/C21H16ClF3N4O/c22-14-7-5-6-13(12-14)19-27-17(16-9-2-4-11-29(16)19)20(30)28-18(21(23,24)25)15-8-1-3-10-26-15/h1-12,18-19,27H,(H,28,30). The second kappa shape index (κ2) is 7.87. The van der Waals surface area contributed by atoms with Crippen LogP contribution in [0.4, 0.5) is 13.2 Å². The zero-order valence-electron chi connectivity index (χ0n) is 15.4. The Bertz CT molecular complexity index is 1050. The number of hydrogen-bond donors (Lipinski definition) is 2. The predicted molar refractivity (Wildman–Crippen MR) is 106 cm³/mol. The normalized spacial score (nSPS) is 18.8. The van der Waals surface area contributed by atoms with Crippen LogP contribution in [0.3, 0.4) is 0 Å². The third-order valence-electron chi connectivity index (χ3n) is 4.68. The van der Waals surface area contributed by atoms with Gasteiger partial charge >= 0.3 is 6.18 Å². The van der Waals surface area contributed by atoms with Crippen LogP contribution in [-0.2, 0) is 4.79 Å². The molecular weight excluding hydrogens is 417 g/mol. The van der Waals surface area contributed by atoms with Crippen molar-refractivity contribution in [2.45, 2.75) is 18.4 Å². The van der Waals surface area contributed by atoms with E-state index in [1.165, 1.54) is 24.4 Å². The van der Waals surface area contributed by atoms with Crippen molar-refractivity contribution in [3.63, 3.8) is 0 Å². The van der Waals surface area contributed by atoms with Crippen molar-refractivity contribution in [2.24, 2.45) is 0 Å². The van der Waals surface area contributed by atoms with Crippen LogP contribution in [0.5, 0.6) is 0 Å². The molecule has 0 saturated carbocycles. The minimum atomic E-state index is -4.71. The molecule has 9 heteroatoms. The average Bonchev–Trinajstić information content (AvgIpc) is 3.11. The van der Waals surface area contributed by atoms with Gasteiger partial charge in [0.2, 0.25) is 0 Å². The molecule has 5 nitrogen and oxygen atoms in total. The van der Waals surface area contributed by atoms with Crippen molar-refractivity contribution in [1.82, 2.24) is 20.5 Å². The molecule has 0 saturated heterocycles. The number of amides is 1. The van der Waals surface area contributed by atoms with E-state index >= 15 is 0 Å². The van der Waals surface area contributed by atoms with Gasteiger partial charge in [-0.3, -0.25) is 9.78 Å². The van der Waals surface area contributed by atoms with E-state index in [2.05, 4.69) is 15.6 Å². The van der Waals surface area contributed by atoms with E-state index in [-0.39, 0.29) is 11.4 Å². The second-order valence-electron chi connectivity index (χ2n) is 6.67. The third-order valence-corrected chi connectivity index (χ3v) is 4.92. The Hall–Kier alpha value is -3.26. The lowest BCUT2D eigenvalue weighted by Gasteiger charge is -2.26. The second-order valence-corrected chi connectivity index (χ2v) is 7.11. The molecule has 1 aromatic carbocycles. The van der Waals surface area contributed by atoms with Gasteiger partial charge in [-0.25, -0.2) is 0 Å². The van der Waals surface area contributed by atoms with Gasteiger partial charge in [-0.2, -0.15) is 13.2 Å². The summed E-state index contributed by atoms with van der Waals surface area (Å²) in [6.07, 6.45) is 2.95. The fourth-order valence-electron chi connectivity index (χ4n) is 3.35. The van der Waals surface area contributed by atoms with Crippen molar-refractivity contribution in [3.8, 4) is 0 Å². The van der Waals surface area contributed by atoms with Crippen LogP contribution in [0.2, 0.25) is 5.02 Å². The van der Waals surface area contributed by atoms with E-state index in [9.17, 15) is 18.0 Å². The van der Waals surface area contributed by atoms with Crippen LogP contribution in [0, 0.1) is 0 Å². The highest BCUT2D eigenvalue weighted by atomic mass is 35.5. The van der Waals surface area contributed by atoms with Crippen molar-refractivity contribution < 1.29 is 18.0 Å². The minimum absolute atomic E-state index is 0.0331. The molecule has 2 atom stereocenters. The molecule has 0 bridgehead atoms. The predicted octanol–water partition coefficient (Wildman–Crippen LogP) is 4.35. The molecule has 2 aromatic rings. The first-order valence-corrected chi connectivity index (χ1v) is 9.40. The summed E-state index contributed by atoms with van der Waals surface area (Å²) in [6, 6.07) is 8.97. The molecule has 1 amide bonds. The summed E-state index contributed by atoms with van der Waals surface area (Å²) < 4.78 is 40.9. The van der Waals surface area contributed by atoms with E-state index in [1.54, 1.807) is 47.5 Å². The van der Waals surface area contributed by atoms with Crippen LogP contribution in [0.15, 0.2) is 84.5 Å². The number of halogens is 4. The Morgan fingerprint density at radius 3 is 2.73 bits per heavy atom. The maximum atomic E-state index is 13.6. The van der Waals surface area contributed by atoms with Crippen molar-refractivity contribution in [2.75, 3.05) is 0 Å². The Morgan fingerprint density at radius 2 is 2.03 bits per heavy atom. The summed E-state index contributed by atoms with van der Waals surface area (Å²) in [5, 5.41) is 5.61. The number of nitrogens with one attached hydrogen (secondary N) is 2. The Labute approximate surface area is 175 Å². The van der Waals surface area contributed by atoms with Gasteiger partial charge in [0.1, 0.15) is 11.9 Å². The first kappa shape index (κ1) is 20.0. The molecule has 3 heterocycles. The average molecular weight is 433 g/mol. The Balaban J connectivity index is 1.64. The lowest BCUT2D eigenvalue weighted by molar-refractivity contribution is -0.163. The molecule has 0 fully saturated rings. The van der Waals surface area contributed by atoms with E-state index in [0.717, 1.165) is 5.56 Å². The highest BCUT2D eigenvalue weighted by Crippen LogP contribution is 2.36. The molecule has 2 aliphatic rings. The number of nitrogens with zero attached hydrogens (tertiary/aromatic N) is 2. The molecule has 2 N–H and O–H groups in total. The molecule has 2 aliphatic heterocycles. The molecule has 4 rings (SSSR count). The van der Waals surface area contributed by atoms with Gasteiger partial charge in [0.15, 0.2) is 6.04 Å². The summed E-state index contributed by atoms with van der Waals surface area (Å²) in [7, 11) is 0. The number of pyridine rings is 1. The van der Waals surface area contributed by atoms with Crippen molar-refractivity contribution in [3.05, 3.63) is 101 Å². The van der Waals surface area contributed by atoms with Crippen LogP contribution in [0.1, 0.15) is 23.5 Å². The number of benzene rings is 1. The molecule has 1 aromatic heterocycles. The summed E-state index contributed by atoms with van der Waals surface area (Å²) in [4.78, 5) is 18.4. The molecule has 0 spiro atoms. The maximum Gasteiger partial charge on any atom is 0.414 e. The molecule has 30 heavy (non-hydrogen) atoms. The maximum absolute atomic E-state index is 13.6. The molecule has 2 unspecified atom stereocenters. The first-order valence-electron chi connectivity index (χ1n) is 9.02. The number of rotatable bonds is 4. The van der Waals surface area contributed by atoms with Gasteiger partial charge in [-0.15, -0.1) is 0 Å². The van der Waals surface area contributed by atoms with Crippen LogP contribution < -0.4 is 10.6 Å². The SMILES string of the molecule is O=C(NC(c1ccccn1)C(F)(F)F)C1=C2C=CC=CN2C(c2cccc(Cl)c2)N1. The van der Waals surface area contributed by atoms with Crippen molar-refractivity contribution in [1.29, 1.82) is 0 Å². The highest BCUT2D eigenvalue weighted by Gasteiger charge is 2.44. The van der Waals surface area contributed by atoms with E-state index in [0.29, 0.717) is 10.7 Å². The lowest BCUT2D eigenvalue weighted by Crippen LogP contribution is -2.41. The number of alkyl halides is 3. The largest absolute Gasteiger partial charge is 0.414 e. The summed E-state index contributed by atoms with van der Waals surface area (Å²) >= 11 is 6.08. The lowest BCUT2D eigenvalue weighted by atomic mass is 10.1. The van der Waals surface area contributed by atoms with Gasteiger partial charge in [-0.1, -0.05) is 35.9 Å². The third kappa shape index (κ3) is 3.91. The van der Waals surface area contributed by atoms with E-state index in [4.69, 9.17) is 11.6 Å². The number of allylic oxidation sites excluding steroid dienone is 3. The van der Waals surface area contributed by atoms with Crippen molar-refractivity contribution >= 4 is 17.5 Å². The summed E-state index contributed by atoms with van der Waals surface area (Å²) in [5.41, 5.74) is 0.969. The highest BCUT2D eigenvalue weighted by molar-refractivity contribution is 6.30. The summed E-state index contributed by atoms with van der Waals surface area (Å²) in [6.45, 7) is 0. The van der Waals surface area contributed by atoms with Gasteiger partial charge in [-0.05, 0) is 42.0 Å². The van der Waals surface area contributed by atoms with E-state index < -0.39 is 24.3 Å². The number of hydrogen-bond acceptors (Lipinski definition) is 4. The van der Waals surface area contributed by atoms with Gasteiger partial charge in [0, 0.05) is 17.4 Å². The van der Waals surface area contributed by atoms with Crippen LogP contribution >= 0.6 is 11.6 Å². The van der Waals surface area contributed by atoms with Gasteiger partial charge in [0.25, 0.3) is 5.91 Å². The molecule has 0 radical (unpaired) electrons. The molecule has 0 aliphatic carbocycles. The number of carbonyl (C=O) groups is 1. The van der Waals surface area contributed by atoms with Crippen LogP contribution in [0.25, 0.3) is 0 Å². The number of carbonyl (C=O) groups excluding carboxylic acids is 1. The van der Waals surface area contributed by atoms with Crippen LogP contribution in [-0.4, -0.2) is 22.0 Å². The Morgan fingerprint density at radius 1 is 1.20 bits per heavy atom. The fraction of sp³-hybridized carbons (Fsp3) is 0.143. The van der Waals surface area contributed by atoms with E-state index in [1.807, 2.05) is 6.07 Å². The Kier molecular flexibility index (Phi) is 5.26. The summed E-state index contributed by atoms with van der Waals surface area (Å²) in [5.74, 6) is -0.882. The topological polar surface area (TPSA) is 57.3 Å². The number of aromatic nitrogens is 1. The zero-order chi connectivity index (χ0) is 21.3. The first-order chi connectivity index (χ1) is 14.3. The van der Waals surface area contributed by atoms with Gasteiger partial charge in [0.05, 0.1) is 11.4 Å². The zero-order valence-corrected chi connectivity index (χ0v) is 16.2. The number of fused-ring (bicyclic) bond motifs is 1. The molecule has 154 valence electrons. The molecular formula is C21H16ClF3N4O. The monoisotopic (exact) mass is 432 g/mol. The van der Waals surface area contributed by atoms with Gasteiger partial charge < -0.3 is 15.5 Å². The minimum Gasteiger partial charge on any atom is -0.355 e. The smallest absolute Gasteiger partial charge is 0.355 e. The quantitative estimate of drug-likeness (QED) is 0.754.